The van der Waals surface area contributed by atoms with E-state index in [1.54, 1.807) is 30.7 Å². The van der Waals surface area contributed by atoms with Crippen LogP contribution in [0.4, 0.5) is 4.39 Å². The highest BCUT2D eigenvalue weighted by molar-refractivity contribution is 5.66. The molecule has 86 valence electrons. The Morgan fingerprint density at radius 1 is 1.35 bits per heavy atom. The molecular formula is C13H12FN3. The highest BCUT2D eigenvalue weighted by Crippen LogP contribution is 2.24. The first kappa shape index (κ1) is 11.3. The molecule has 0 fully saturated rings. The van der Waals surface area contributed by atoms with Crippen LogP contribution in [0.5, 0.6) is 0 Å². The minimum Gasteiger partial charge on any atom is -0.323 e. The van der Waals surface area contributed by atoms with E-state index < -0.39 is 0 Å². The van der Waals surface area contributed by atoms with Crippen molar-refractivity contribution in [1.29, 1.82) is 5.26 Å². The molecule has 3 nitrogen and oxygen atoms in total. The summed E-state index contributed by atoms with van der Waals surface area (Å²) >= 11 is 0. The normalized spacial score (nSPS) is 10.3. The van der Waals surface area contributed by atoms with Gasteiger partial charge in [0, 0.05) is 12.6 Å². The van der Waals surface area contributed by atoms with Gasteiger partial charge in [-0.3, -0.25) is 0 Å². The molecule has 1 aromatic carbocycles. The van der Waals surface area contributed by atoms with Crippen LogP contribution in [0.25, 0.3) is 11.3 Å². The van der Waals surface area contributed by atoms with Crippen molar-refractivity contribution in [3.63, 3.8) is 0 Å². The minimum absolute atomic E-state index is 0.250. The first-order valence-corrected chi connectivity index (χ1v) is 5.24. The molecule has 0 N–H and O–H groups in total. The maximum absolute atomic E-state index is 13.2. The molecule has 0 amide bonds. The molecule has 0 saturated carbocycles. The van der Waals surface area contributed by atoms with Gasteiger partial charge >= 0.3 is 0 Å². The van der Waals surface area contributed by atoms with Crippen LogP contribution in [0.15, 0.2) is 18.2 Å². The van der Waals surface area contributed by atoms with E-state index >= 15 is 0 Å². The van der Waals surface area contributed by atoms with Crippen molar-refractivity contribution in [2.45, 2.75) is 13.8 Å². The Bertz CT molecular complexity index is 620. The van der Waals surface area contributed by atoms with Gasteiger partial charge in [0.2, 0.25) is 0 Å². The highest BCUT2D eigenvalue weighted by Gasteiger charge is 2.14. The standard InChI is InChI=1S/C13H12FN3/c1-8-6-10(4-5-11(8)14)13-12(7-15)17(3)9(2)16-13/h4-6H,1-3H3. The molecule has 4 heteroatoms. The Morgan fingerprint density at radius 2 is 2.06 bits per heavy atom. The lowest BCUT2D eigenvalue weighted by molar-refractivity contribution is 0.619. The third-order valence-corrected chi connectivity index (χ3v) is 2.86. The lowest BCUT2D eigenvalue weighted by atomic mass is 10.1. The Kier molecular flexibility index (Phi) is 2.68. The molecule has 0 bridgehead atoms. The van der Waals surface area contributed by atoms with Gasteiger partial charge in [-0.15, -0.1) is 0 Å². The van der Waals surface area contributed by atoms with Gasteiger partial charge in [0.1, 0.15) is 29.1 Å². The van der Waals surface area contributed by atoms with Gasteiger partial charge in [0.05, 0.1) is 0 Å². The van der Waals surface area contributed by atoms with Crippen LogP contribution in [0, 0.1) is 31.0 Å². The fourth-order valence-electron chi connectivity index (χ4n) is 1.73. The smallest absolute Gasteiger partial charge is 0.147 e. The van der Waals surface area contributed by atoms with E-state index in [1.165, 1.54) is 6.07 Å². The lowest BCUT2D eigenvalue weighted by Crippen LogP contribution is -1.94. The highest BCUT2D eigenvalue weighted by atomic mass is 19.1. The number of rotatable bonds is 1. The number of hydrogen-bond donors (Lipinski definition) is 0. The van der Waals surface area contributed by atoms with E-state index in [1.807, 2.05) is 6.92 Å². The second-order valence-corrected chi connectivity index (χ2v) is 3.99. The summed E-state index contributed by atoms with van der Waals surface area (Å²) in [6.45, 7) is 3.53. The second-order valence-electron chi connectivity index (χ2n) is 3.99. The monoisotopic (exact) mass is 229 g/mol. The van der Waals surface area contributed by atoms with E-state index in [0.29, 0.717) is 17.0 Å². The van der Waals surface area contributed by atoms with Crippen molar-refractivity contribution in [3.8, 4) is 17.3 Å². The number of halogens is 1. The Hall–Kier alpha value is -2.15. The zero-order chi connectivity index (χ0) is 12.6. The van der Waals surface area contributed by atoms with Gasteiger partial charge in [0.15, 0.2) is 0 Å². The summed E-state index contributed by atoms with van der Waals surface area (Å²) in [5.41, 5.74) is 2.42. The third-order valence-electron chi connectivity index (χ3n) is 2.86. The molecule has 0 unspecified atom stereocenters. The van der Waals surface area contributed by atoms with Crippen molar-refractivity contribution in [1.82, 2.24) is 9.55 Å². The van der Waals surface area contributed by atoms with E-state index in [-0.39, 0.29) is 5.82 Å². The van der Waals surface area contributed by atoms with Crippen LogP contribution in [0.2, 0.25) is 0 Å². The average Bonchev–Trinajstić information content (AvgIpc) is 2.59. The largest absolute Gasteiger partial charge is 0.323 e. The number of aryl methyl sites for hydroxylation is 2. The van der Waals surface area contributed by atoms with Crippen molar-refractivity contribution in [2.24, 2.45) is 7.05 Å². The van der Waals surface area contributed by atoms with Crippen LogP contribution in [0.3, 0.4) is 0 Å². The molecule has 0 aliphatic heterocycles. The SMILES string of the molecule is Cc1cc(-c2nc(C)n(C)c2C#N)ccc1F. The minimum atomic E-state index is -0.250. The number of nitriles is 1. The molecule has 0 spiro atoms. The lowest BCUT2D eigenvalue weighted by Gasteiger charge is -2.01. The summed E-state index contributed by atoms with van der Waals surface area (Å²) in [7, 11) is 1.79. The van der Waals surface area contributed by atoms with Crippen LogP contribution in [0.1, 0.15) is 17.1 Å². The first-order valence-electron chi connectivity index (χ1n) is 5.24. The summed E-state index contributed by atoms with van der Waals surface area (Å²) < 4.78 is 14.9. The summed E-state index contributed by atoms with van der Waals surface area (Å²) in [5.74, 6) is 0.512. The predicted molar refractivity (Wildman–Crippen MR) is 62.8 cm³/mol. The predicted octanol–water partition coefficient (Wildman–Crippen LogP) is 2.71. The molecule has 2 rings (SSSR count). The summed E-state index contributed by atoms with van der Waals surface area (Å²) in [6.07, 6.45) is 0. The third kappa shape index (κ3) is 1.80. The van der Waals surface area contributed by atoms with Crippen molar-refractivity contribution in [3.05, 3.63) is 41.1 Å². The van der Waals surface area contributed by atoms with Gasteiger partial charge < -0.3 is 4.57 Å². The van der Waals surface area contributed by atoms with E-state index in [2.05, 4.69) is 11.1 Å². The molecule has 1 aromatic heterocycles. The topological polar surface area (TPSA) is 41.6 Å². The van der Waals surface area contributed by atoms with Crippen LogP contribution in [-0.4, -0.2) is 9.55 Å². The van der Waals surface area contributed by atoms with Gasteiger partial charge in [-0.05, 0) is 37.6 Å². The summed E-state index contributed by atoms with van der Waals surface area (Å²) in [6, 6.07) is 6.87. The Balaban J connectivity index is 2.65. The average molecular weight is 229 g/mol. The van der Waals surface area contributed by atoms with Crippen molar-refractivity contribution >= 4 is 0 Å². The van der Waals surface area contributed by atoms with Crippen LogP contribution < -0.4 is 0 Å². The second kappa shape index (κ2) is 4.02. The van der Waals surface area contributed by atoms with Crippen molar-refractivity contribution in [2.75, 3.05) is 0 Å². The van der Waals surface area contributed by atoms with Crippen LogP contribution in [-0.2, 0) is 7.05 Å². The number of aromatic nitrogens is 2. The zero-order valence-corrected chi connectivity index (χ0v) is 9.95. The fourth-order valence-corrected chi connectivity index (χ4v) is 1.73. The van der Waals surface area contributed by atoms with Gasteiger partial charge in [-0.25, -0.2) is 9.37 Å². The molecule has 2 aromatic rings. The first-order chi connectivity index (χ1) is 8.04. The number of hydrogen-bond acceptors (Lipinski definition) is 2. The molecule has 0 saturated heterocycles. The fraction of sp³-hybridized carbons (Fsp3) is 0.231. The number of nitrogens with zero attached hydrogens (tertiary/aromatic N) is 3. The van der Waals surface area contributed by atoms with Gasteiger partial charge in [-0.1, -0.05) is 0 Å². The number of imidazole rings is 1. The molecule has 0 aliphatic carbocycles. The van der Waals surface area contributed by atoms with Crippen LogP contribution >= 0.6 is 0 Å². The quantitative estimate of drug-likeness (QED) is 0.754. The number of benzene rings is 1. The summed E-state index contributed by atoms with van der Waals surface area (Å²) in [4.78, 5) is 4.34. The molecule has 0 radical (unpaired) electrons. The summed E-state index contributed by atoms with van der Waals surface area (Å²) in [5, 5.41) is 9.11. The maximum Gasteiger partial charge on any atom is 0.147 e. The van der Waals surface area contributed by atoms with Crippen molar-refractivity contribution < 1.29 is 4.39 Å². The molecule has 0 atom stereocenters. The zero-order valence-electron chi connectivity index (χ0n) is 9.95. The van der Waals surface area contributed by atoms with E-state index in [0.717, 1.165) is 11.4 Å². The molecule has 0 aliphatic rings. The molecular weight excluding hydrogens is 217 g/mol. The van der Waals surface area contributed by atoms with Gasteiger partial charge in [-0.2, -0.15) is 5.26 Å². The van der Waals surface area contributed by atoms with E-state index in [9.17, 15) is 4.39 Å². The maximum atomic E-state index is 13.2. The Labute approximate surface area is 99.1 Å². The Morgan fingerprint density at radius 3 is 2.65 bits per heavy atom. The van der Waals surface area contributed by atoms with E-state index in [4.69, 9.17) is 5.26 Å². The van der Waals surface area contributed by atoms with Gasteiger partial charge in [0.25, 0.3) is 0 Å². The molecule has 17 heavy (non-hydrogen) atoms. The molecule has 1 heterocycles.